The van der Waals surface area contributed by atoms with Crippen molar-refractivity contribution >= 4 is 45.7 Å². The molecule has 36 heavy (non-hydrogen) atoms. The number of ketones is 1. The summed E-state index contributed by atoms with van der Waals surface area (Å²) in [6.07, 6.45) is 4.81. The van der Waals surface area contributed by atoms with Crippen LogP contribution in [-0.2, 0) is 20.9 Å². The van der Waals surface area contributed by atoms with E-state index >= 15 is 0 Å². The average Bonchev–Trinajstić information content (AvgIpc) is 3.40. The van der Waals surface area contributed by atoms with E-state index in [4.69, 9.17) is 25.7 Å². The van der Waals surface area contributed by atoms with Gasteiger partial charge in [-0.2, -0.15) is 10.1 Å². The number of nitrogens with zero attached hydrogens (tertiary/aromatic N) is 5. The van der Waals surface area contributed by atoms with E-state index in [0.717, 1.165) is 24.8 Å². The fraction of sp³-hybridized carbons (Fsp3) is 0.417. The van der Waals surface area contributed by atoms with Crippen molar-refractivity contribution in [2.75, 3.05) is 31.2 Å². The van der Waals surface area contributed by atoms with Crippen LogP contribution >= 0.6 is 0 Å². The lowest BCUT2D eigenvalue weighted by molar-refractivity contribution is -0.121. The van der Waals surface area contributed by atoms with Crippen LogP contribution in [0.25, 0.3) is 33.4 Å². The third-order valence-corrected chi connectivity index (χ3v) is 5.71. The predicted molar refractivity (Wildman–Crippen MR) is 135 cm³/mol. The van der Waals surface area contributed by atoms with Crippen molar-refractivity contribution in [3.05, 3.63) is 24.5 Å². The molecular formula is C24H30N8O4. The number of nitrogen functional groups attached to an aromatic ring is 2. The maximum atomic E-state index is 12.1. The largest absolute Gasteiger partial charge is 0.424 e. The molecule has 0 saturated heterocycles. The second-order valence-electron chi connectivity index (χ2n) is 8.46. The summed E-state index contributed by atoms with van der Waals surface area (Å²) >= 11 is 0. The van der Waals surface area contributed by atoms with Crippen LogP contribution in [-0.4, -0.2) is 56.2 Å². The zero-order valence-electron chi connectivity index (χ0n) is 20.2. The number of nitrogens with one attached hydrogen (secondary N) is 1. The van der Waals surface area contributed by atoms with Gasteiger partial charge in [0, 0.05) is 38.4 Å². The first kappa shape index (κ1) is 25.0. The molecule has 0 aliphatic carbocycles. The number of hydrogen-bond acceptors (Lipinski definition) is 10. The number of amides is 1. The third kappa shape index (κ3) is 6.13. The number of nitrogens with two attached hydrogens (primary N) is 2. The van der Waals surface area contributed by atoms with Crippen LogP contribution in [0.3, 0.4) is 0 Å². The van der Waals surface area contributed by atoms with Crippen molar-refractivity contribution in [2.24, 2.45) is 0 Å². The van der Waals surface area contributed by atoms with Gasteiger partial charge < -0.3 is 25.9 Å². The number of ether oxygens (including phenoxy) is 1. The lowest BCUT2D eigenvalue weighted by Crippen LogP contribution is -2.24. The van der Waals surface area contributed by atoms with Gasteiger partial charge in [0.05, 0.1) is 18.6 Å². The maximum absolute atomic E-state index is 12.1. The zero-order valence-corrected chi connectivity index (χ0v) is 20.2. The zero-order chi connectivity index (χ0) is 25.5. The predicted octanol–water partition coefficient (Wildman–Crippen LogP) is 2.47. The molecule has 0 aliphatic rings. The fourth-order valence-corrected chi connectivity index (χ4v) is 3.95. The Morgan fingerprint density at radius 1 is 1.11 bits per heavy atom. The number of unbranched alkanes of at least 4 members (excludes halogenated alkanes) is 2. The van der Waals surface area contributed by atoms with Crippen LogP contribution in [0.1, 0.15) is 39.0 Å². The third-order valence-electron chi connectivity index (χ3n) is 5.71. The first-order valence-electron chi connectivity index (χ1n) is 11.9. The summed E-state index contributed by atoms with van der Waals surface area (Å²) in [5.41, 5.74) is 15.2. The van der Waals surface area contributed by atoms with Gasteiger partial charge in [-0.15, -0.1) is 0 Å². The summed E-state index contributed by atoms with van der Waals surface area (Å²) < 4.78 is 12.6. The molecule has 3 heterocycles. The van der Waals surface area contributed by atoms with Gasteiger partial charge in [-0.25, -0.2) is 14.6 Å². The van der Waals surface area contributed by atoms with E-state index in [1.807, 2.05) is 16.8 Å². The van der Waals surface area contributed by atoms with Crippen molar-refractivity contribution < 1.29 is 18.7 Å². The highest BCUT2D eigenvalue weighted by Crippen LogP contribution is 2.32. The topological polar surface area (TPSA) is 177 Å². The van der Waals surface area contributed by atoms with E-state index in [1.165, 1.54) is 13.3 Å². The number of fused-ring (bicyclic) bond motifs is 2. The summed E-state index contributed by atoms with van der Waals surface area (Å²) in [5.74, 6) is 0.431. The van der Waals surface area contributed by atoms with Gasteiger partial charge in [0.15, 0.2) is 11.2 Å². The quantitative estimate of drug-likeness (QED) is 0.234. The Morgan fingerprint density at radius 3 is 2.81 bits per heavy atom. The normalized spacial score (nSPS) is 11.4. The van der Waals surface area contributed by atoms with E-state index in [2.05, 4.69) is 20.3 Å². The van der Waals surface area contributed by atoms with E-state index in [9.17, 15) is 9.59 Å². The van der Waals surface area contributed by atoms with Crippen molar-refractivity contribution in [3.63, 3.8) is 0 Å². The Balaban J connectivity index is 1.31. The van der Waals surface area contributed by atoms with Crippen LogP contribution in [0.5, 0.6) is 0 Å². The molecule has 3 aromatic heterocycles. The first-order valence-corrected chi connectivity index (χ1v) is 11.9. The standard InChI is InChI=1S/C24H30N8O4/c1-15(33)27-9-12-35-11-8-17(34)5-3-2-4-10-32-23-20(22(25)28-14-29-23)21(31-32)16-6-7-19-18(13-16)30-24(26)36-19/h6-7,13-14H,2-5,8-12H2,1H3,(H2,26,30)(H,27,33)(H2,25,28,29). The van der Waals surface area contributed by atoms with Gasteiger partial charge in [-0.1, -0.05) is 6.42 Å². The number of hydrogen-bond donors (Lipinski definition) is 3. The highest BCUT2D eigenvalue weighted by Gasteiger charge is 2.18. The molecule has 1 aromatic carbocycles. The molecule has 190 valence electrons. The maximum Gasteiger partial charge on any atom is 0.292 e. The number of benzene rings is 1. The lowest BCUT2D eigenvalue weighted by atomic mass is 10.1. The summed E-state index contributed by atoms with van der Waals surface area (Å²) in [6, 6.07) is 5.63. The molecule has 4 aromatic rings. The molecule has 4 rings (SSSR count). The number of carbonyl (C=O) groups excluding carboxylic acids is 2. The molecule has 12 heteroatoms. The highest BCUT2D eigenvalue weighted by molar-refractivity contribution is 5.99. The van der Waals surface area contributed by atoms with Gasteiger partial charge in [0.1, 0.15) is 29.1 Å². The molecule has 0 saturated carbocycles. The van der Waals surface area contributed by atoms with Crippen LogP contribution in [0.4, 0.5) is 11.8 Å². The van der Waals surface area contributed by atoms with Crippen LogP contribution in [0.2, 0.25) is 0 Å². The Labute approximate surface area is 207 Å². The highest BCUT2D eigenvalue weighted by atomic mass is 16.5. The number of rotatable bonds is 13. The molecule has 0 atom stereocenters. The van der Waals surface area contributed by atoms with Crippen molar-refractivity contribution in [2.45, 2.75) is 45.6 Å². The van der Waals surface area contributed by atoms with E-state index in [-0.39, 0.29) is 17.7 Å². The number of aromatic nitrogens is 5. The minimum Gasteiger partial charge on any atom is -0.424 e. The number of carbonyl (C=O) groups is 2. The molecule has 0 spiro atoms. The van der Waals surface area contributed by atoms with Gasteiger partial charge >= 0.3 is 0 Å². The van der Waals surface area contributed by atoms with Gasteiger partial charge in [0.25, 0.3) is 6.01 Å². The van der Waals surface area contributed by atoms with Gasteiger partial charge in [0.2, 0.25) is 5.91 Å². The molecule has 0 radical (unpaired) electrons. The molecule has 0 fully saturated rings. The minimum atomic E-state index is -0.0939. The van der Waals surface area contributed by atoms with Gasteiger partial charge in [-0.3, -0.25) is 9.59 Å². The van der Waals surface area contributed by atoms with Gasteiger partial charge in [-0.05, 0) is 31.0 Å². The second kappa shape index (κ2) is 11.6. The Morgan fingerprint density at radius 2 is 1.97 bits per heavy atom. The minimum absolute atomic E-state index is 0.0939. The summed E-state index contributed by atoms with van der Waals surface area (Å²) in [5, 5.41) is 8.11. The van der Waals surface area contributed by atoms with Crippen LogP contribution < -0.4 is 16.8 Å². The molecule has 0 unspecified atom stereocenters. The average molecular weight is 495 g/mol. The fourth-order valence-electron chi connectivity index (χ4n) is 3.95. The Bertz CT molecular complexity index is 1360. The van der Waals surface area contributed by atoms with Crippen LogP contribution in [0, 0.1) is 0 Å². The number of oxazole rings is 1. The van der Waals surface area contributed by atoms with E-state index in [0.29, 0.717) is 72.8 Å². The second-order valence-corrected chi connectivity index (χ2v) is 8.46. The SMILES string of the molecule is CC(=O)NCCOCCC(=O)CCCCCn1nc(-c2ccc3oc(N)nc3c2)c2c(N)ncnc21. The number of Topliss-reactive ketones (excluding diaryl/α,β-unsaturated/α-hetero) is 1. The van der Waals surface area contributed by atoms with Crippen molar-refractivity contribution in [1.29, 1.82) is 0 Å². The summed E-state index contributed by atoms with van der Waals surface area (Å²) in [4.78, 5) is 35.6. The van der Waals surface area contributed by atoms with Crippen molar-refractivity contribution in [3.8, 4) is 11.3 Å². The Kier molecular flexibility index (Phi) is 8.06. The summed E-state index contributed by atoms with van der Waals surface area (Å²) in [7, 11) is 0. The molecule has 12 nitrogen and oxygen atoms in total. The van der Waals surface area contributed by atoms with Crippen LogP contribution in [0.15, 0.2) is 28.9 Å². The number of anilines is 2. The van der Waals surface area contributed by atoms with E-state index < -0.39 is 0 Å². The lowest BCUT2D eigenvalue weighted by Gasteiger charge is -2.05. The first-order chi connectivity index (χ1) is 17.4. The molecule has 5 N–H and O–H groups in total. The number of aryl methyl sites for hydroxylation is 1. The van der Waals surface area contributed by atoms with E-state index in [1.54, 1.807) is 6.07 Å². The molecule has 0 aliphatic heterocycles. The molecular weight excluding hydrogens is 464 g/mol. The van der Waals surface area contributed by atoms with Crippen molar-refractivity contribution in [1.82, 2.24) is 30.0 Å². The monoisotopic (exact) mass is 494 g/mol. The Hall–Kier alpha value is -4.06. The summed E-state index contributed by atoms with van der Waals surface area (Å²) in [6.45, 7) is 3.31. The smallest absolute Gasteiger partial charge is 0.292 e. The molecule has 0 bridgehead atoms. The molecule has 1 amide bonds.